The lowest BCUT2D eigenvalue weighted by atomic mass is 10.2. The summed E-state index contributed by atoms with van der Waals surface area (Å²) in [5, 5.41) is -0.190. The maximum Gasteiger partial charge on any atom is 0.333 e. The van der Waals surface area contributed by atoms with Crippen LogP contribution in [0.2, 0.25) is 0 Å². The van der Waals surface area contributed by atoms with Crippen molar-refractivity contribution >= 4 is 45.3 Å². The molecular formula is C17H12BrFN2O2S. The molecule has 2 fully saturated rings. The molecule has 2 heterocycles. The van der Waals surface area contributed by atoms with E-state index in [2.05, 4.69) is 15.9 Å². The van der Waals surface area contributed by atoms with Crippen LogP contribution in [0, 0.1) is 5.82 Å². The van der Waals surface area contributed by atoms with E-state index in [0.29, 0.717) is 11.4 Å². The molecular weight excluding hydrogens is 395 g/mol. The van der Waals surface area contributed by atoms with Gasteiger partial charge in [-0.1, -0.05) is 28.1 Å². The second kappa shape index (κ2) is 5.89. The monoisotopic (exact) mass is 406 g/mol. The third kappa shape index (κ3) is 2.43. The Morgan fingerprint density at radius 2 is 1.71 bits per heavy atom. The molecule has 24 heavy (non-hydrogen) atoms. The summed E-state index contributed by atoms with van der Waals surface area (Å²) in [6, 6.07) is 12.3. The first-order chi connectivity index (χ1) is 11.6. The van der Waals surface area contributed by atoms with E-state index in [1.165, 1.54) is 24.3 Å². The Balaban J connectivity index is 1.67. The van der Waals surface area contributed by atoms with Crippen molar-refractivity contribution in [1.29, 1.82) is 0 Å². The number of urea groups is 1. The molecule has 2 aromatic rings. The van der Waals surface area contributed by atoms with E-state index in [4.69, 9.17) is 0 Å². The predicted octanol–water partition coefficient (Wildman–Crippen LogP) is 4.17. The third-order valence-electron chi connectivity index (χ3n) is 4.16. The van der Waals surface area contributed by atoms with Crippen LogP contribution >= 0.6 is 27.7 Å². The number of nitrogens with zero attached hydrogens (tertiary/aromatic N) is 2. The number of anilines is 1. The zero-order chi connectivity index (χ0) is 16.8. The molecule has 0 saturated carbocycles. The number of fused-ring (bicyclic) bond motifs is 1. The topological polar surface area (TPSA) is 40.6 Å². The summed E-state index contributed by atoms with van der Waals surface area (Å²) in [5.41, 5.74) is 1.38. The minimum Gasteiger partial charge on any atom is -0.295 e. The summed E-state index contributed by atoms with van der Waals surface area (Å²) in [7, 11) is 0. The highest BCUT2D eigenvalue weighted by molar-refractivity contribution is 9.10. The number of hydrogen-bond donors (Lipinski definition) is 0. The lowest BCUT2D eigenvalue weighted by molar-refractivity contribution is -0.119. The fourth-order valence-corrected chi connectivity index (χ4v) is 4.68. The van der Waals surface area contributed by atoms with E-state index < -0.39 is 11.9 Å². The number of benzene rings is 2. The van der Waals surface area contributed by atoms with E-state index in [1.807, 2.05) is 24.3 Å². The standard InChI is InChI=1S/C17H12BrFN2O2S/c18-11-3-1-10(2-4-11)16-21-14(9-24-16)15(22)20(17(21)23)13-7-5-12(19)6-8-13/h1-8,14,16H,9H2/t14-,16-/m1/s1. The maximum atomic E-state index is 13.1. The van der Waals surface area contributed by atoms with Crippen molar-refractivity contribution < 1.29 is 14.0 Å². The summed E-state index contributed by atoms with van der Waals surface area (Å²) in [5.74, 6) is -0.0939. The Morgan fingerprint density at radius 1 is 1.04 bits per heavy atom. The summed E-state index contributed by atoms with van der Waals surface area (Å²) in [4.78, 5) is 28.3. The maximum absolute atomic E-state index is 13.1. The van der Waals surface area contributed by atoms with Crippen LogP contribution in [0.15, 0.2) is 53.0 Å². The van der Waals surface area contributed by atoms with Crippen LogP contribution in [0.25, 0.3) is 0 Å². The number of carbonyl (C=O) groups is 2. The van der Waals surface area contributed by atoms with E-state index in [-0.39, 0.29) is 17.3 Å². The van der Waals surface area contributed by atoms with Gasteiger partial charge in [0.25, 0.3) is 5.91 Å². The molecule has 3 amide bonds. The average Bonchev–Trinajstić information content (AvgIpc) is 3.11. The van der Waals surface area contributed by atoms with Crippen molar-refractivity contribution in [2.75, 3.05) is 10.7 Å². The highest BCUT2D eigenvalue weighted by Crippen LogP contribution is 2.46. The Morgan fingerprint density at radius 3 is 2.38 bits per heavy atom. The minimum atomic E-state index is -0.471. The number of hydrogen-bond acceptors (Lipinski definition) is 3. The van der Waals surface area contributed by atoms with Crippen molar-refractivity contribution in [2.24, 2.45) is 0 Å². The van der Waals surface area contributed by atoms with E-state index >= 15 is 0 Å². The van der Waals surface area contributed by atoms with E-state index in [1.54, 1.807) is 16.7 Å². The van der Waals surface area contributed by atoms with Crippen molar-refractivity contribution in [2.45, 2.75) is 11.4 Å². The molecule has 2 aliphatic rings. The highest BCUT2D eigenvalue weighted by atomic mass is 79.9. The van der Waals surface area contributed by atoms with Gasteiger partial charge in [-0.05, 0) is 42.0 Å². The highest BCUT2D eigenvalue weighted by Gasteiger charge is 2.53. The van der Waals surface area contributed by atoms with Crippen LogP contribution in [0.4, 0.5) is 14.9 Å². The van der Waals surface area contributed by atoms with Gasteiger partial charge in [0.05, 0.1) is 5.69 Å². The summed E-state index contributed by atoms with van der Waals surface area (Å²) in [6.07, 6.45) is 0. The summed E-state index contributed by atoms with van der Waals surface area (Å²) >= 11 is 4.98. The van der Waals surface area contributed by atoms with Crippen molar-refractivity contribution in [3.8, 4) is 0 Å². The first kappa shape index (κ1) is 15.7. The summed E-state index contributed by atoms with van der Waals surface area (Å²) in [6.45, 7) is 0. The number of halogens is 2. The SMILES string of the molecule is O=C1[C@H]2CS[C@H](c3ccc(Br)cc3)N2C(=O)N1c1ccc(F)cc1. The molecule has 0 radical (unpaired) electrons. The van der Waals surface area contributed by atoms with Gasteiger partial charge in [-0.3, -0.25) is 9.69 Å². The fraction of sp³-hybridized carbons (Fsp3) is 0.176. The second-order valence-corrected chi connectivity index (χ2v) is 7.62. The number of rotatable bonds is 2. The molecule has 0 unspecified atom stereocenters. The lowest BCUT2D eigenvalue weighted by Gasteiger charge is -2.23. The number of carbonyl (C=O) groups excluding carboxylic acids is 2. The molecule has 7 heteroatoms. The summed E-state index contributed by atoms with van der Waals surface area (Å²) < 4.78 is 14.1. The smallest absolute Gasteiger partial charge is 0.295 e. The Bertz CT molecular complexity index is 812. The molecule has 2 saturated heterocycles. The van der Waals surface area contributed by atoms with Crippen LogP contribution in [0.5, 0.6) is 0 Å². The molecule has 0 aliphatic carbocycles. The van der Waals surface area contributed by atoms with E-state index in [9.17, 15) is 14.0 Å². The molecule has 122 valence electrons. The zero-order valence-corrected chi connectivity index (χ0v) is 14.8. The minimum absolute atomic E-state index is 0.190. The van der Waals surface area contributed by atoms with Crippen molar-refractivity contribution in [3.05, 3.63) is 64.4 Å². The van der Waals surface area contributed by atoms with Gasteiger partial charge in [0.2, 0.25) is 0 Å². The average molecular weight is 407 g/mol. The Labute approximate surface area is 150 Å². The van der Waals surface area contributed by atoms with Gasteiger partial charge < -0.3 is 0 Å². The van der Waals surface area contributed by atoms with Crippen molar-refractivity contribution in [1.82, 2.24) is 4.90 Å². The molecule has 4 rings (SSSR count). The van der Waals surface area contributed by atoms with Gasteiger partial charge in [0.1, 0.15) is 17.2 Å². The molecule has 2 atom stereocenters. The molecule has 0 aromatic heterocycles. The lowest BCUT2D eigenvalue weighted by Crippen LogP contribution is -2.33. The quantitative estimate of drug-likeness (QED) is 0.702. The van der Waals surface area contributed by atoms with Crippen LogP contribution in [0.1, 0.15) is 10.9 Å². The van der Waals surface area contributed by atoms with Gasteiger partial charge in [-0.25, -0.2) is 14.1 Å². The fourth-order valence-electron chi connectivity index (χ4n) is 3.00. The first-order valence-corrected chi connectivity index (χ1v) is 9.19. The second-order valence-electron chi connectivity index (χ2n) is 5.59. The molecule has 4 nitrogen and oxygen atoms in total. The molecule has 2 aromatic carbocycles. The first-order valence-electron chi connectivity index (χ1n) is 7.35. The molecule has 2 aliphatic heterocycles. The van der Waals surface area contributed by atoms with Gasteiger partial charge in [-0.2, -0.15) is 0 Å². The molecule has 0 N–H and O–H groups in total. The largest absolute Gasteiger partial charge is 0.333 e. The number of amides is 3. The van der Waals surface area contributed by atoms with Crippen LogP contribution < -0.4 is 4.90 Å². The van der Waals surface area contributed by atoms with E-state index in [0.717, 1.165) is 14.9 Å². The predicted molar refractivity (Wildman–Crippen MR) is 94.3 cm³/mol. The van der Waals surface area contributed by atoms with Gasteiger partial charge >= 0.3 is 6.03 Å². The zero-order valence-electron chi connectivity index (χ0n) is 12.4. The third-order valence-corrected chi connectivity index (χ3v) is 6.01. The normalized spacial score (nSPS) is 23.1. The number of imide groups is 1. The van der Waals surface area contributed by atoms with Gasteiger partial charge in [0, 0.05) is 10.2 Å². The van der Waals surface area contributed by atoms with Crippen LogP contribution in [0.3, 0.4) is 0 Å². The van der Waals surface area contributed by atoms with Gasteiger partial charge in [-0.15, -0.1) is 11.8 Å². The Kier molecular flexibility index (Phi) is 3.85. The molecule has 0 spiro atoms. The van der Waals surface area contributed by atoms with Crippen LogP contribution in [-0.2, 0) is 4.79 Å². The Hall–Kier alpha value is -1.86. The van der Waals surface area contributed by atoms with Crippen molar-refractivity contribution in [3.63, 3.8) is 0 Å². The number of thioether (sulfide) groups is 1. The van der Waals surface area contributed by atoms with Gasteiger partial charge in [0.15, 0.2) is 0 Å². The van der Waals surface area contributed by atoms with Crippen LogP contribution in [-0.4, -0.2) is 28.6 Å². The molecule has 0 bridgehead atoms.